The second-order valence-corrected chi connectivity index (χ2v) is 5.95. The van der Waals surface area contributed by atoms with Gasteiger partial charge < -0.3 is 9.88 Å². The minimum absolute atomic E-state index is 0.0992. The molecule has 1 aliphatic rings. The van der Waals surface area contributed by atoms with Crippen LogP contribution in [0.25, 0.3) is 5.69 Å². The van der Waals surface area contributed by atoms with Gasteiger partial charge in [-0.05, 0) is 56.6 Å². The lowest BCUT2D eigenvalue weighted by Gasteiger charge is -2.34. The Labute approximate surface area is 118 Å². The minimum atomic E-state index is -0.199. The van der Waals surface area contributed by atoms with Gasteiger partial charge in [-0.2, -0.15) is 0 Å². The molecule has 4 heteroatoms. The van der Waals surface area contributed by atoms with Crippen molar-refractivity contribution in [3.05, 3.63) is 47.8 Å². The first-order chi connectivity index (χ1) is 9.58. The maximum atomic E-state index is 13.6. The highest BCUT2D eigenvalue weighted by molar-refractivity contribution is 5.39. The summed E-state index contributed by atoms with van der Waals surface area (Å²) >= 11 is 0. The first kappa shape index (κ1) is 13.3. The third-order valence-electron chi connectivity index (χ3n) is 4.27. The Hall–Kier alpha value is -1.68. The molecule has 0 radical (unpaired) electrons. The third-order valence-corrected chi connectivity index (χ3v) is 4.27. The Morgan fingerprint density at radius 1 is 1.25 bits per heavy atom. The number of hydrogen-bond acceptors (Lipinski definition) is 2. The molecule has 0 atom stereocenters. The van der Waals surface area contributed by atoms with Crippen LogP contribution in [-0.4, -0.2) is 22.6 Å². The van der Waals surface area contributed by atoms with E-state index in [-0.39, 0.29) is 11.2 Å². The van der Waals surface area contributed by atoms with Gasteiger partial charge in [-0.15, -0.1) is 0 Å². The number of benzene rings is 1. The fraction of sp³-hybridized carbons (Fsp3) is 0.438. The van der Waals surface area contributed by atoms with Gasteiger partial charge in [0.25, 0.3) is 0 Å². The van der Waals surface area contributed by atoms with Crippen molar-refractivity contribution < 1.29 is 4.39 Å². The largest absolute Gasteiger partial charge is 0.317 e. The normalized spacial score (nSPS) is 18.1. The maximum Gasteiger partial charge on any atom is 0.125 e. The maximum absolute atomic E-state index is 13.6. The number of nitrogens with one attached hydrogen (secondary N) is 1. The Kier molecular flexibility index (Phi) is 3.34. The Balaban J connectivity index is 2.05. The van der Waals surface area contributed by atoms with Gasteiger partial charge >= 0.3 is 0 Å². The fourth-order valence-corrected chi connectivity index (χ4v) is 3.04. The van der Waals surface area contributed by atoms with Crippen LogP contribution >= 0.6 is 0 Å². The Bertz CT molecular complexity index is 592. The molecule has 0 bridgehead atoms. The number of nitrogens with zero attached hydrogens (tertiary/aromatic N) is 2. The Morgan fingerprint density at radius 3 is 2.70 bits per heavy atom. The molecule has 0 amide bonds. The van der Waals surface area contributed by atoms with E-state index in [2.05, 4.69) is 17.2 Å². The van der Waals surface area contributed by atoms with Gasteiger partial charge in [0, 0.05) is 23.0 Å². The van der Waals surface area contributed by atoms with Crippen molar-refractivity contribution in [2.24, 2.45) is 0 Å². The van der Waals surface area contributed by atoms with Crippen molar-refractivity contribution in [3.8, 4) is 5.69 Å². The van der Waals surface area contributed by atoms with Gasteiger partial charge in [0.05, 0.1) is 6.33 Å². The predicted octanol–water partition coefficient (Wildman–Crippen LogP) is 2.96. The second-order valence-electron chi connectivity index (χ2n) is 5.95. The molecule has 3 rings (SSSR count). The summed E-state index contributed by atoms with van der Waals surface area (Å²) in [5.41, 5.74) is 3.05. The average molecular weight is 273 g/mol. The molecule has 2 aromatic rings. The smallest absolute Gasteiger partial charge is 0.125 e. The molecule has 3 nitrogen and oxygen atoms in total. The fourth-order valence-electron chi connectivity index (χ4n) is 3.04. The molecule has 20 heavy (non-hydrogen) atoms. The number of aryl methyl sites for hydroxylation is 1. The first-order valence-corrected chi connectivity index (χ1v) is 7.10. The van der Waals surface area contributed by atoms with E-state index in [1.165, 1.54) is 5.69 Å². The van der Waals surface area contributed by atoms with Crippen molar-refractivity contribution in [1.29, 1.82) is 0 Å². The summed E-state index contributed by atoms with van der Waals surface area (Å²) in [5, 5.41) is 3.39. The van der Waals surface area contributed by atoms with Crippen molar-refractivity contribution in [2.75, 3.05) is 13.1 Å². The number of halogens is 1. The van der Waals surface area contributed by atoms with Crippen LogP contribution in [0.3, 0.4) is 0 Å². The molecule has 106 valence electrons. The van der Waals surface area contributed by atoms with E-state index in [0.717, 1.165) is 37.2 Å². The van der Waals surface area contributed by atoms with E-state index in [9.17, 15) is 4.39 Å². The van der Waals surface area contributed by atoms with E-state index in [1.807, 2.05) is 23.8 Å². The highest BCUT2D eigenvalue weighted by Gasteiger charge is 2.32. The molecule has 0 aliphatic carbocycles. The standard InChI is InChI=1S/C16H20FN3/c1-12-7-13(17)9-14(8-12)20-11-19-10-15(20)16(2)3-5-18-6-4-16/h7-11,18H,3-6H2,1-2H3. The number of aromatic nitrogens is 2. The van der Waals surface area contributed by atoms with E-state index in [4.69, 9.17) is 0 Å². The summed E-state index contributed by atoms with van der Waals surface area (Å²) in [6.45, 7) is 6.22. The highest BCUT2D eigenvalue weighted by atomic mass is 19.1. The van der Waals surface area contributed by atoms with Crippen LogP contribution < -0.4 is 5.32 Å². The summed E-state index contributed by atoms with van der Waals surface area (Å²) < 4.78 is 15.7. The van der Waals surface area contributed by atoms with Crippen molar-refractivity contribution in [2.45, 2.75) is 32.1 Å². The molecule has 2 heterocycles. The molecule has 0 spiro atoms. The zero-order valence-corrected chi connectivity index (χ0v) is 12.0. The summed E-state index contributed by atoms with van der Waals surface area (Å²) in [4.78, 5) is 4.30. The summed E-state index contributed by atoms with van der Waals surface area (Å²) in [7, 11) is 0. The predicted molar refractivity (Wildman–Crippen MR) is 77.7 cm³/mol. The Morgan fingerprint density at radius 2 is 2.00 bits per heavy atom. The molecule has 0 saturated carbocycles. The lowest BCUT2D eigenvalue weighted by molar-refractivity contribution is 0.324. The number of piperidine rings is 1. The lowest BCUT2D eigenvalue weighted by atomic mass is 9.78. The second kappa shape index (κ2) is 5.02. The molecule has 1 saturated heterocycles. The quantitative estimate of drug-likeness (QED) is 0.911. The average Bonchev–Trinajstić information content (AvgIpc) is 2.88. The van der Waals surface area contributed by atoms with Crippen LogP contribution in [0.5, 0.6) is 0 Å². The monoisotopic (exact) mass is 273 g/mol. The number of hydrogen-bond donors (Lipinski definition) is 1. The molecular weight excluding hydrogens is 253 g/mol. The topological polar surface area (TPSA) is 29.9 Å². The van der Waals surface area contributed by atoms with Crippen molar-refractivity contribution in [1.82, 2.24) is 14.9 Å². The van der Waals surface area contributed by atoms with E-state index in [0.29, 0.717) is 0 Å². The van der Waals surface area contributed by atoms with Crippen molar-refractivity contribution in [3.63, 3.8) is 0 Å². The zero-order chi connectivity index (χ0) is 14.2. The molecule has 1 aromatic carbocycles. The number of rotatable bonds is 2. The van der Waals surface area contributed by atoms with Crippen LogP contribution in [0.4, 0.5) is 4.39 Å². The molecule has 0 unspecified atom stereocenters. The van der Waals surface area contributed by atoms with Gasteiger partial charge in [0.15, 0.2) is 0 Å². The van der Waals surface area contributed by atoms with Crippen LogP contribution in [-0.2, 0) is 5.41 Å². The molecule has 1 fully saturated rings. The van der Waals surface area contributed by atoms with E-state index < -0.39 is 0 Å². The van der Waals surface area contributed by atoms with Gasteiger partial charge in [-0.25, -0.2) is 9.37 Å². The first-order valence-electron chi connectivity index (χ1n) is 7.10. The van der Waals surface area contributed by atoms with Crippen LogP contribution in [0.2, 0.25) is 0 Å². The van der Waals surface area contributed by atoms with Crippen molar-refractivity contribution >= 4 is 0 Å². The summed E-state index contributed by atoms with van der Waals surface area (Å²) in [6, 6.07) is 5.12. The third kappa shape index (κ3) is 2.36. The highest BCUT2D eigenvalue weighted by Crippen LogP contribution is 2.34. The van der Waals surface area contributed by atoms with Crippen LogP contribution in [0.1, 0.15) is 31.0 Å². The van der Waals surface area contributed by atoms with Gasteiger partial charge in [0.1, 0.15) is 5.82 Å². The van der Waals surface area contributed by atoms with Crippen LogP contribution in [0.15, 0.2) is 30.7 Å². The van der Waals surface area contributed by atoms with Gasteiger partial charge in [0.2, 0.25) is 0 Å². The van der Waals surface area contributed by atoms with Gasteiger partial charge in [-0.1, -0.05) is 6.92 Å². The summed E-state index contributed by atoms with van der Waals surface area (Å²) in [5.74, 6) is -0.199. The number of imidazole rings is 1. The van der Waals surface area contributed by atoms with Crippen LogP contribution in [0, 0.1) is 12.7 Å². The SMILES string of the molecule is Cc1cc(F)cc(-n2cncc2C2(C)CCNCC2)c1. The van der Waals surface area contributed by atoms with E-state index in [1.54, 1.807) is 18.5 Å². The molecular formula is C16H20FN3. The zero-order valence-electron chi connectivity index (χ0n) is 12.0. The minimum Gasteiger partial charge on any atom is -0.317 e. The molecule has 1 aromatic heterocycles. The lowest BCUT2D eigenvalue weighted by Crippen LogP contribution is -2.38. The van der Waals surface area contributed by atoms with E-state index >= 15 is 0 Å². The molecule has 1 N–H and O–H groups in total. The van der Waals surface area contributed by atoms with Gasteiger partial charge in [-0.3, -0.25) is 0 Å². The summed E-state index contributed by atoms with van der Waals surface area (Å²) in [6.07, 6.45) is 5.86. The molecule has 1 aliphatic heterocycles.